The molecule has 0 bridgehead atoms. The highest BCUT2D eigenvalue weighted by molar-refractivity contribution is 5.71. The summed E-state index contributed by atoms with van der Waals surface area (Å²) in [5.74, 6) is -1.22. The molecule has 27 heavy (non-hydrogen) atoms. The van der Waals surface area contributed by atoms with Crippen LogP contribution in [-0.4, -0.2) is 32.3 Å². The van der Waals surface area contributed by atoms with Crippen molar-refractivity contribution in [3.63, 3.8) is 0 Å². The molecule has 4 rings (SSSR count). The standard InChI is InChI=1S/C20H25FN4O2/c1-20(2)6-5-14-15(10-20)24-25-18(14)12-8-16(21)23-17(9-12)22-13-4-3-11(7-13)19(26)27/h8-9,11,13H,3-7,10H2,1-2H3,(H,22,23)(H,24,25)(H,26,27)/t11-,13+/m1/s1. The molecule has 1 saturated carbocycles. The third-order valence-corrected chi connectivity index (χ3v) is 5.86. The monoisotopic (exact) mass is 372 g/mol. The van der Waals surface area contributed by atoms with Gasteiger partial charge in [0.15, 0.2) is 0 Å². The number of hydrogen-bond acceptors (Lipinski definition) is 4. The molecule has 3 N–H and O–H groups in total. The number of fused-ring (bicyclic) bond motifs is 1. The minimum atomic E-state index is -0.765. The normalized spacial score (nSPS) is 23.8. The van der Waals surface area contributed by atoms with Crippen LogP contribution in [0.4, 0.5) is 10.2 Å². The maximum Gasteiger partial charge on any atom is 0.306 e. The molecule has 2 aliphatic rings. The van der Waals surface area contributed by atoms with Gasteiger partial charge in [-0.15, -0.1) is 0 Å². The van der Waals surface area contributed by atoms with Crippen molar-refractivity contribution in [2.45, 2.75) is 58.4 Å². The molecule has 0 unspecified atom stereocenters. The Kier molecular flexibility index (Phi) is 4.40. The van der Waals surface area contributed by atoms with Gasteiger partial charge < -0.3 is 10.4 Å². The highest BCUT2D eigenvalue weighted by atomic mass is 19.1. The summed E-state index contributed by atoms with van der Waals surface area (Å²) in [6.45, 7) is 4.49. The van der Waals surface area contributed by atoms with Crippen molar-refractivity contribution in [3.8, 4) is 11.3 Å². The van der Waals surface area contributed by atoms with E-state index in [0.29, 0.717) is 24.2 Å². The molecule has 0 spiro atoms. The lowest BCUT2D eigenvalue weighted by Crippen LogP contribution is -2.22. The summed E-state index contributed by atoms with van der Waals surface area (Å²) in [7, 11) is 0. The van der Waals surface area contributed by atoms with Crippen molar-refractivity contribution < 1.29 is 14.3 Å². The van der Waals surface area contributed by atoms with E-state index in [2.05, 4.69) is 34.3 Å². The number of pyridine rings is 1. The van der Waals surface area contributed by atoms with E-state index in [-0.39, 0.29) is 17.4 Å². The minimum absolute atomic E-state index is 0.00199. The molecule has 0 saturated heterocycles. The molecule has 2 aromatic rings. The number of nitrogens with zero attached hydrogens (tertiary/aromatic N) is 2. The lowest BCUT2D eigenvalue weighted by Gasteiger charge is -2.29. The number of rotatable bonds is 4. The number of aromatic nitrogens is 3. The topological polar surface area (TPSA) is 90.9 Å². The van der Waals surface area contributed by atoms with Crippen molar-refractivity contribution in [2.75, 3.05) is 5.32 Å². The van der Waals surface area contributed by atoms with Crippen LogP contribution in [-0.2, 0) is 17.6 Å². The zero-order valence-corrected chi connectivity index (χ0v) is 15.7. The molecular formula is C20H25FN4O2. The second-order valence-electron chi connectivity index (χ2n) is 8.62. The third-order valence-electron chi connectivity index (χ3n) is 5.86. The van der Waals surface area contributed by atoms with Gasteiger partial charge in [-0.05, 0) is 50.0 Å². The Labute approximate surface area is 157 Å². The SMILES string of the molecule is CC1(C)CCc2c(-c3cc(F)nc(N[C@H]4CC[C@@H](C(=O)O)C4)c3)n[nH]c2C1. The van der Waals surface area contributed by atoms with E-state index in [4.69, 9.17) is 5.11 Å². The van der Waals surface area contributed by atoms with E-state index < -0.39 is 11.9 Å². The van der Waals surface area contributed by atoms with Crippen LogP contribution in [0.15, 0.2) is 12.1 Å². The van der Waals surface area contributed by atoms with Crippen LogP contribution in [0.3, 0.4) is 0 Å². The third kappa shape index (κ3) is 3.68. The smallest absolute Gasteiger partial charge is 0.306 e. The molecule has 0 aromatic carbocycles. The van der Waals surface area contributed by atoms with E-state index in [1.165, 1.54) is 6.07 Å². The quantitative estimate of drug-likeness (QED) is 0.710. The second kappa shape index (κ2) is 6.62. The Morgan fingerprint density at radius 1 is 1.37 bits per heavy atom. The van der Waals surface area contributed by atoms with Crippen LogP contribution in [0.2, 0.25) is 0 Å². The van der Waals surface area contributed by atoms with Gasteiger partial charge in [0, 0.05) is 28.9 Å². The van der Waals surface area contributed by atoms with Crippen LogP contribution in [0.25, 0.3) is 11.3 Å². The summed E-state index contributed by atoms with van der Waals surface area (Å²) in [4.78, 5) is 15.1. The number of carboxylic acids is 1. The molecule has 2 aliphatic carbocycles. The predicted molar refractivity (Wildman–Crippen MR) is 100.0 cm³/mol. The van der Waals surface area contributed by atoms with Crippen molar-refractivity contribution in [3.05, 3.63) is 29.3 Å². The zero-order chi connectivity index (χ0) is 19.2. The van der Waals surface area contributed by atoms with Crippen LogP contribution in [0.1, 0.15) is 50.8 Å². The predicted octanol–water partition coefficient (Wildman–Crippen LogP) is 3.79. The molecule has 2 atom stereocenters. The fourth-order valence-electron chi connectivity index (χ4n) is 4.34. The first kappa shape index (κ1) is 17.9. The van der Waals surface area contributed by atoms with Gasteiger partial charge in [0.25, 0.3) is 0 Å². The highest BCUT2D eigenvalue weighted by Gasteiger charge is 2.31. The maximum atomic E-state index is 14.2. The first-order valence-corrected chi connectivity index (χ1v) is 9.54. The number of aromatic amines is 1. The lowest BCUT2D eigenvalue weighted by atomic mass is 9.76. The molecule has 0 amide bonds. The van der Waals surface area contributed by atoms with E-state index in [9.17, 15) is 9.18 Å². The van der Waals surface area contributed by atoms with Gasteiger partial charge >= 0.3 is 5.97 Å². The van der Waals surface area contributed by atoms with Crippen LogP contribution in [0.5, 0.6) is 0 Å². The minimum Gasteiger partial charge on any atom is -0.481 e. The fraction of sp³-hybridized carbons (Fsp3) is 0.550. The van der Waals surface area contributed by atoms with Crippen molar-refractivity contribution in [1.29, 1.82) is 0 Å². The molecule has 2 heterocycles. The van der Waals surface area contributed by atoms with Crippen molar-refractivity contribution in [2.24, 2.45) is 11.3 Å². The zero-order valence-electron chi connectivity index (χ0n) is 15.7. The number of nitrogens with one attached hydrogen (secondary N) is 2. The first-order valence-electron chi connectivity index (χ1n) is 9.54. The molecule has 6 nitrogen and oxygen atoms in total. The summed E-state index contributed by atoms with van der Waals surface area (Å²) in [5.41, 5.74) is 4.04. The number of halogens is 1. The van der Waals surface area contributed by atoms with Crippen LogP contribution >= 0.6 is 0 Å². The number of hydrogen-bond donors (Lipinski definition) is 3. The molecule has 0 aliphatic heterocycles. The molecule has 1 fully saturated rings. The van der Waals surface area contributed by atoms with Crippen molar-refractivity contribution >= 4 is 11.8 Å². The van der Waals surface area contributed by atoms with E-state index in [1.54, 1.807) is 0 Å². The number of carboxylic acid groups (broad SMARTS) is 1. The maximum absolute atomic E-state index is 14.2. The number of H-pyrrole nitrogens is 1. The lowest BCUT2D eigenvalue weighted by molar-refractivity contribution is -0.141. The summed E-state index contributed by atoms with van der Waals surface area (Å²) in [6.07, 6.45) is 4.85. The average Bonchev–Trinajstić information content (AvgIpc) is 3.20. The Morgan fingerprint density at radius 2 is 2.19 bits per heavy atom. The van der Waals surface area contributed by atoms with E-state index in [0.717, 1.165) is 42.6 Å². The number of carbonyl (C=O) groups is 1. The first-order chi connectivity index (χ1) is 12.8. The largest absolute Gasteiger partial charge is 0.481 e. The van der Waals surface area contributed by atoms with Gasteiger partial charge in [-0.1, -0.05) is 13.8 Å². The molecular weight excluding hydrogens is 347 g/mol. The van der Waals surface area contributed by atoms with E-state index >= 15 is 0 Å². The van der Waals surface area contributed by atoms with Crippen molar-refractivity contribution in [1.82, 2.24) is 15.2 Å². The molecule has 0 radical (unpaired) electrons. The second-order valence-corrected chi connectivity index (χ2v) is 8.62. The van der Waals surface area contributed by atoms with Gasteiger partial charge in [0.2, 0.25) is 5.95 Å². The van der Waals surface area contributed by atoms with Gasteiger partial charge in [0.1, 0.15) is 5.82 Å². The Balaban J connectivity index is 1.57. The summed E-state index contributed by atoms with van der Waals surface area (Å²) >= 11 is 0. The number of aliphatic carboxylic acids is 1. The van der Waals surface area contributed by atoms with Crippen LogP contribution < -0.4 is 5.32 Å². The van der Waals surface area contributed by atoms with Crippen LogP contribution in [0, 0.1) is 17.3 Å². The summed E-state index contributed by atoms with van der Waals surface area (Å²) in [5, 5.41) is 19.9. The average molecular weight is 372 g/mol. The Hall–Kier alpha value is -2.44. The Morgan fingerprint density at radius 3 is 2.93 bits per heavy atom. The van der Waals surface area contributed by atoms with Gasteiger partial charge in [-0.2, -0.15) is 9.49 Å². The number of anilines is 1. The molecule has 2 aromatic heterocycles. The summed E-state index contributed by atoms with van der Waals surface area (Å²) in [6, 6.07) is 3.23. The highest BCUT2D eigenvalue weighted by Crippen LogP contribution is 2.38. The van der Waals surface area contributed by atoms with Gasteiger partial charge in [0.05, 0.1) is 11.6 Å². The fourth-order valence-corrected chi connectivity index (χ4v) is 4.34. The molecule has 144 valence electrons. The Bertz CT molecular complexity index is 877. The van der Waals surface area contributed by atoms with Gasteiger partial charge in [-0.3, -0.25) is 9.89 Å². The van der Waals surface area contributed by atoms with E-state index in [1.807, 2.05) is 6.07 Å². The van der Waals surface area contributed by atoms with Gasteiger partial charge in [-0.25, -0.2) is 4.98 Å². The molecule has 7 heteroatoms. The summed E-state index contributed by atoms with van der Waals surface area (Å²) < 4.78 is 14.2.